The standard InChI is InChI=1S/C15H22N4O3/c1-22-11-6-17-14(20)12-15(21)19-9-7-18(8-10-19)13-4-2-3-5-16-13/h2-5H,6-12H2,1H3,(H,17,20). The van der Waals surface area contributed by atoms with E-state index in [1.165, 1.54) is 0 Å². The van der Waals surface area contributed by atoms with Crippen molar-refractivity contribution in [2.24, 2.45) is 0 Å². The molecule has 0 aromatic carbocycles. The van der Waals surface area contributed by atoms with Gasteiger partial charge in [0.25, 0.3) is 0 Å². The minimum Gasteiger partial charge on any atom is -0.383 e. The van der Waals surface area contributed by atoms with Gasteiger partial charge in [0.2, 0.25) is 11.8 Å². The van der Waals surface area contributed by atoms with E-state index in [-0.39, 0.29) is 18.2 Å². The molecule has 0 atom stereocenters. The molecule has 0 aliphatic carbocycles. The maximum Gasteiger partial charge on any atom is 0.232 e. The molecule has 1 N–H and O–H groups in total. The number of aromatic nitrogens is 1. The fourth-order valence-corrected chi connectivity index (χ4v) is 2.33. The summed E-state index contributed by atoms with van der Waals surface area (Å²) in [6, 6.07) is 5.79. The number of ether oxygens (including phenoxy) is 1. The van der Waals surface area contributed by atoms with Gasteiger partial charge < -0.3 is 19.9 Å². The summed E-state index contributed by atoms with van der Waals surface area (Å²) in [6.07, 6.45) is 1.66. The van der Waals surface area contributed by atoms with Crippen LogP contribution in [-0.2, 0) is 14.3 Å². The van der Waals surface area contributed by atoms with Crippen LogP contribution in [0.5, 0.6) is 0 Å². The Hall–Kier alpha value is -2.15. The number of methoxy groups -OCH3 is 1. The van der Waals surface area contributed by atoms with Gasteiger partial charge in [-0.15, -0.1) is 0 Å². The number of amides is 2. The minimum atomic E-state index is -0.255. The topological polar surface area (TPSA) is 74.8 Å². The largest absolute Gasteiger partial charge is 0.383 e. The third kappa shape index (κ3) is 4.70. The first-order chi connectivity index (χ1) is 10.7. The van der Waals surface area contributed by atoms with E-state index in [2.05, 4.69) is 15.2 Å². The van der Waals surface area contributed by atoms with Gasteiger partial charge in [-0.2, -0.15) is 0 Å². The molecule has 0 saturated carbocycles. The number of hydrogen-bond acceptors (Lipinski definition) is 5. The Kier molecular flexibility index (Phi) is 6.14. The molecule has 1 aromatic heterocycles. The molecule has 1 fully saturated rings. The van der Waals surface area contributed by atoms with E-state index in [1.807, 2.05) is 18.2 Å². The van der Waals surface area contributed by atoms with Crippen LogP contribution in [0.1, 0.15) is 6.42 Å². The highest BCUT2D eigenvalue weighted by atomic mass is 16.5. The Bertz CT molecular complexity index is 487. The van der Waals surface area contributed by atoms with Crippen LogP contribution in [0.15, 0.2) is 24.4 Å². The number of rotatable bonds is 6. The number of piperazine rings is 1. The van der Waals surface area contributed by atoms with E-state index in [0.717, 1.165) is 18.9 Å². The molecule has 0 spiro atoms. The lowest BCUT2D eigenvalue weighted by molar-refractivity contribution is -0.136. The van der Waals surface area contributed by atoms with E-state index in [0.29, 0.717) is 26.2 Å². The summed E-state index contributed by atoms with van der Waals surface area (Å²) in [5.41, 5.74) is 0. The number of hydrogen-bond donors (Lipinski definition) is 1. The Morgan fingerprint density at radius 2 is 2.05 bits per heavy atom. The van der Waals surface area contributed by atoms with E-state index in [1.54, 1.807) is 18.2 Å². The number of nitrogens with zero attached hydrogens (tertiary/aromatic N) is 3. The van der Waals surface area contributed by atoms with Crippen LogP contribution in [0, 0.1) is 0 Å². The van der Waals surface area contributed by atoms with E-state index in [4.69, 9.17) is 4.74 Å². The second-order valence-electron chi connectivity index (χ2n) is 5.08. The number of pyridine rings is 1. The highest BCUT2D eigenvalue weighted by Crippen LogP contribution is 2.12. The molecule has 1 aromatic rings. The molecule has 2 heterocycles. The smallest absolute Gasteiger partial charge is 0.232 e. The maximum atomic E-state index is 12.1. The number of nitrogens with one attached hydrogen (secondary N) is 1. The lowest BCUT2D eigenvalue weighted by Gasteiger charge is -2.35. The predicted molar refractivity (Wildman–Crippen MR) is 82.5 cm³/mol. The zero-order valence-electron chi connectivity index (χ0n) is 12.8. The summed E-state index contributed by atoms with van der Waals surface area (Å²) < 4.78 is 4.85. The van der Waals surface area contributed by atoms with Crippen LogP contribution < -0.4 is 10.2 Å². The van der Waals surface area contributed by atoms with Crippen molar-refractivity contribution in [3.63, 3.8) is 0 Å². The lowest BCUT2D eigenvalue weighted by atomic mass is 10.2. The third-order valence-electron chi connectivity index (χ3n) is 3.55. The van der Waals surface area contributed by atoms with Crippen molar-refractivity contribution in [2.75, 3.05) is 51.3 Å². The van der Waals surface area contributed by atoms with Crippen molar-refractivity contribution in [1.29, 1.82) is 0 Å². The predicted octanol–water partition coefficient (Wildman–Crippen LogP) is -0.117. The van der Waals surface area contributed by atoms with Gasteiger partial charge in [-0.1, -0.05) is 6.07 Å². The molecule has 7 nitrogen and oxygen atoms in total. The molecule has 2 rings (SSSR count). The van der Waals surface area contributed by atoms with Crippen LogP contribution in [0.25, 0.3) is 0 Å². The van der Waals surface area contributed by atoms with Crippen LogP contribution in [-0.4, -0.2) is 68.1 Å². The van der Waals surface area contributed by atoms with Crippen molar-refractivity contribution >= 4 is 17.6 Å². The monoisotopic (exact) mass is 306 g/mol. The van der Waals surface area contributed by atoms with Gasteiger partial charge in [-0.3, -0.25) is 9.59 Å². The second kappa shape index (κ2) is 8.33. The molecule has 1 saturated heterocycles. The zero-order chi connectivity index (χ0) is 15.8. The highest BCUT2D eigenvalue weighted by Gasteiger charge is 2.23. The average Bonchev–Trinajstić information content (AvgIpc) is 2.56. The summed E-state index contributed by atoms with van der Waals surface area (Å²) in [5, 5.41) is 2.66. The van der Waals surface area contributed by atoms with Crippen LogP contribution in [0.4, 0.5) is 5.82 Å². The first-order valence-electron chi connectivity index (χ1n) is 7.40. The Morgan fingerprint density at radius 1 is 1.27 bits per heavy atom. The Labute approximate surface area is 130 Å². The van der Waals surface area contributed by atoms with Gasteiger partial charge in [0.1, 0.15) is 12.2 Å². The molecule has 120 valence electrons. The fraction of sp³-hybridized carbons (Fsp3) is 0.533. The molecular weight excluding hydrogens is 284 g/mol. The molecule has 2 amide bonds. The Morgan fingerprint density at radius 3 is 2.68 bits per heavy atom. The summed E-state index contributed by atoms with van der Waals surface area (Å²) in [5.74, 6) is 0.539. The van der Waals surface area contributed by atoms with E-state index >= 15 is 0 Å². The summed E-state index contributed by atoms with van der Waals surface area (Å²) in [4.78, 5) is 31.9. The van der Waals surface area contributed by atoms with Crippen molar-refractivity contribution in [3.05, 3.63) is 24.4 Å². The third-order valence-corrected chi connectivity index (χ3v) is 3.55. The SMILES string of the molecule is COCCNC(=O)CC(=O)N1CCN(c2ccccn2)CC1. The Balaban J connectivity index is 1.74. The first kappa shape index (κ1) is 16.2. The van der Waals surface area contributed by atoms with Crippen LogP contribution >= 0.6 is 0 Å². The second-order valence-corrected chi connectivity index (χ2v) is 5.08. The minimum absolute atomic E-state index is 0.104. The number of carbonyl (C=O) groups excluding carboxylic acids is 2. The molecule has 0 unspecified atom stereocenters. The van der Waals surface area contributed by atoms with Crippen molar-refractivity contribution in [3.8, 4) is 0 Å². The highest BCUT2D eigenvalue weighted by molar-refractivity contribution is 5.96. The number of anilines is 1. The van der Waals surface area contributed by atoms with E-state index < -0.39 is 0 Å². The summed E-state index contributed by atoms with van der Waals surface area (Å²) in [6.45, 7) is 3.56. The summed E-state index contributed by atoms with van der Waals surface area (Å²) in [7, 11) is 1.57. The zero-order valence-corrected chi connectivity index (χ0v) is 12.8. The molecule has 0 bridgehead atoms. The van der Waals surface area contributed by atoms with Crippen molar-refractivity contribution in [1.82, 2.24) is 15.2 Å². The first-order valence-corrected chi connectivity index (χ1v) is 7.40. The lowest BCUT2D eigenvalue weighted by Crippen LogP contribution is -2.49. The molecule has 22 heavy (non-hydrogen) atoms. The molecule has 7 heteroatoms. The molecule has 0 radical (unpaired) electrons. The van der Waals surface area contributed by atoms with Gasteiger partial charge in [0.05, 0.1) is 6.61 Å². The molecule has 1 aliphatic rings. The molecular formula is C15H22N4O3. The van der Waals surface area contributed by atoms with Crippen LogP contribution in [0.3, 0.4) is 0 Å². The van der Waals surface area contributed by atoms with Gasteiger partial charge >= 0.3 is 0 Å². The van der Waals surface area contributed by atoms with Gasteiger partial charge in [-0.25, -0.2) is 4.98 Å². The van der Waals surface area contributed by atoms with Crippen molar-refractivity contribution in [2.45, 2.75) is 6.42 Å². The van der Waals surface area contributed by atoms with Crippen LogP contribution in [0.2, 0.25) is 0 Å². The fourth-order valence-electron chi connectivity index (χ4n) is 2.33. The van der Waals surface area contributed by atoms with Gasteiger partial charge in [0, 0.05) is 46.0 Å². The average molecular weight is 306 g/mol. The van der Waals surface area contributed by atoms with Gasteiger partial charge in [0.15, 0.2) is 0 Å². The summed E-state index contributed by atoms with van der Waals surface area (Å²) >= 11 is 0. The normalized spacial score (nSPS) is 14.8. The maximum absolute atomic E-state index is 12.1. The van der Waals surface area contributed by atoms with Gasteiger partial charge in [-0.05, 0) is 12.1 Å². The quantitative estimate of drug-likeness (QED) is 0.586. The number of carbonyl (C=O) groups is 2. The molecule has 1 aliphatic heterocycles. The van der Waals surface area contributed by atoms with E-state index in [9.17, 15) is 9.59 Å². The van der Waals surface area contributed by atoms with Crippen molar-refractivity contribution < 1.29 is 14.3 Å².